The van der Waals surface area contributed by atoms with E-state index in [0.717, 1.165) is 49.9 Å². The number of carbonyl (C=O) groups is 1. The maximum atomic E-state index is 12.4. The number of nitrogens with one attached hydrogen (secondary N) is 1. The molecule has 1 aromatic heterocycles. The summed E-state index contributed by atoms with van der Waals surface area (Å²) in [5.74, 6) is 1.68. The molecule has 0 bridgehead atoms. The third-order valence-corrected chi connectivity index (χ3v) is 5.87. The van der Waals surface area contributed by atoms with Gasteiger partial charge in [0.25, 0.3) is 0 Å². The molecule has 2 heterocycles. The number of rotatable bonds is 5. The highest BCUT2D eigenvalue weighted by molar-refractivity contribution is 5.79. The fourth-order valence-electron chi connectivity index (χ4n) is 4.19. The monoisotopic (exact) mass is 368 g/mol. The minimum absolute atomic E-state index is 0.145. The molecule has 1 aliphatic heterocycles. The minimum atomic E-state index is 0.145. The van der Waals surface area contributed by atoms with Crippen LogP contribution in [-0.4, -0.2) is 40.1 Å². The normalized spacial score (nSPS) is 19.4. The summed E-state index contributed by atoms with van der Waals surface area (Å²) >= 11 is 0. The molecule has 27 heavy (non-hydrogen) atoms. The summed E-state index contributed by atoms with van der Waals surface area (Å²) in [5.41, 5.74) is 2.15. The van der Waals surface area contributed by atoms with E-state index in [2.05, 4.69) is 20.4 Å². The summed E-state index contributed by atoms with van der Waals surface area (Å²) in [6.45, 7) is 4.48. The number of aryl methyl sites for hydroxylation is 1. The zero-order chi connectivity index (χ0) is 18.6. The van der Waals surface area contributed by atoms with Gasteiger partial charge in [0.1, 0.15) is 0 Å². The fraction of sp³-hybridized carbons (Fsp3) is 0.571. The number of nitrogens with zero attached hydrogens (tertiary/aromatic N) is 3. The number of benzene rings is 1. The van der Waals surface area contributed by atoms with Crippen LogP contribution in [0.5, 0.6) is 0 Å². The molecule has 0 radical (unpaired) electrons. The maximum absolute atomic E-state index is 12.4. The Bertz CT molecular complexity index is 774. The van der Waals surface area contributed by atoms with Crippen molar-refractivity contribution in [2.24, 2.45) is 5.92 Å². The predicted molar refractivity (Wildman–Crippen MR) is 103 cm³/mol. The van der Waals surface area contributed by atoms with Crippen LogP contribution in [0.3, 0.4) is 0 Å². The highest BCUT2D eigenvalue weighted by Crippen LogP contribution is 2.23. The summed E-state index contributed by atoms with van der Waals surface area (Å²) in [6.07, 6.45) is 6.58. The summed E-state index contributed by atoms with van der Waals surface area (Å²) < 4.78 is 5.46. The van der Waals surface area contributed by atoms with Gasteiger partial charge in [-0.2, -0.15) is 4.98 Å². The molecule has 4 rings (SSSR count). The SMILES string of the molecule is Cc1ccccc1-c1noc(CN2CCC(C(=O)NC3CCCC3)CC2)n1. The van der Waals surface area contributed by atoms with Crippen LogP contribution in [0.25, 0.3) is 11.4 Å². The van der Waals surface area contributed by atoms with Gasteiger partial charge in [-0.25, -0.2) is 0 Å². The van der Waals surface area contributed by atoms with Crippen molar-refractivity contribution in [2.75, 3.05) is 13.1 Å². The van der Waals surface area contributed by atoms with Crippen LogP contribution < -0.4 is 5.32 Å². The molecule has 0 unspecified atom stereocenters. The molecule has 1 amide bonds. The van der Waals surface area contributed by atoms with Crippen molar-refractivity contribution in [3.05, 3.63) is 35.7 Å². The summed E-state index contributed by atoms with van der Waals surface area (Å²) in [6, 6.07) is 8.46. The molecule has 6 heteroatoms. The molecular weight excluding hydrogens is 340 g/mol. The van der Waals surface area contributed by atoms with Crippen LogP contribution in [0.4, 0.5) is 0 Å². The molecule has 6 nitrogen and oxygen atoms in total. The van der Waals surface area contributed by atoms with Gasteiger partial charge in [-0.15, -0.1) is 0 Å². The van der Waals surface area contributed by atoms with Crippen LogP contribution in [0.1, 0.15) is 50.0 Å². The van der Waals surface area contributed by atoms with E-state index >= 15 is 0 Å². The average Bonchev–Trinajstić information content (AvgIpc) is 3.35. The standard InChI is InChI=1S/C21H28N4O2/c1-15-6-2-5-9-18(15)20-23-19(27-24-20)14-25-12-10-16(11-13-25)21(26)22-17-7-3-4-8-17/h2,5-6,9,16-17H,3-4,7-8,10-14H2,1H3,(H,22,26). The topological polar surface area (TPSA) is 71.3 Å². The lowest BCUT2D eigenvalue weighted by Crippen LogP contribution is -2.43. The van der Waals surface area contributed by atoms with E-state index in [4.69, 9.17) is 4.52 Å². The first-order valence-corrected chi connectivity index (χ1v) is 10.1. The molecule has 0 atom stereocenters. The second-order valence-corrected chi connectivity index (χ2v) is 7.87. The number of piperidine rings is 1. The van der Waals surface area contributed by atoms with Gasteiger partial charge < -0.3 is 9.84 Å². The van der Waals surface area contributed by atoms with Crippen LogP contribution in [0.15, 0.2) is 28.8 Å². The Balaban J connectivity index is 1.28. The van der Waals surface area contributed by atoms with Crippen molar-refractivity contribution in [1.82, 2.24) is 20.4 Å². The van der Waals surface area contributed by atoms with Crippen LogP contribution in [0, 0.1) is 12.8 Å². The van der Waals surface area contributed by atoms with E-state index in [0.29, 0.717) is 24.3 Å². The highest BCUT2D eigenvalue weighted by Gasteiger charge is 2.28. The van der Waals surface area contributed by atoms with Crippen molar-refractivity contribution in [1.29, 1.82) is 0 Å². The van der Waals surface area contributed by atoms with E-state index in [1.165, 1.54) is 12.8 Å². The number of carbonyl (C=O) groups excluding carboxylic acids is 1. The van der Waals surface area contributed by atoms with Crippen molar-refractivity contribution >= 4 is 5.91 Å². The zero-order valence-corrected chi connectivity index (χ0v) is 16.0. The summed E-state index contributed by atoms with van der Waals surface area (Å²) in [4.78, 5) is 19.3. The molecule has 144 valence electrons. The Hall–Kier alpha value is -2.21. The lowest BCUT2D eigenvalue weighted by Gasteiger charge is -2.30. The Labute approximate surface area is 160 Å². The fourth-order valence-corrected chi connectivity index (χ4v) is 4.19. The molecule has 1 saturated carbocycles. The van der Waals surface area contributed by atoms with Gasteiger partial charge in [-0.3, -0.25) is 9.69 Å². The van der Waals surface area contributed by atoms with Crippen LogP contribution >= 0.6 is 0 Å². The van der Waals surface area contributed by atoms with E-state index in [1.807, 2.05) is 31.2 Å². The van der Waals surface area contributed by atoms with Gasteiger partial charge >= 0.3 is 0 Å². The third-order valence-electron chi connectivity index (χ3n) is 5.87. The van der Waals surface area contributed by atoms with Crippen LogP contribution in [-0.2, 0) is 11.3 Å². The van der Waals surface area contributed by atoms with Gasteiger partial charge in [-0.05, 0) is 51.3 Å². The molecule has 0 spiro atoms. The molecule has 2 aromatic rings. The summed E-state index contributed by atoms with van der Waals surface area (Å²) in [7, 11) is 0. The molecule has 2 fully saturated rings. The van der Waals surface area contributed by atoms with E-state index in [9.17, 15) is 4.79 Å². The highest BCUT2D eigenvalue weighted by atomic mass is 16.5. The molecule has 1 aromatic carbocycles. The number of hydrogen-bond donors (Lipinski definition) is 1. The van der Waals surface area contributed by atoms with Crippen LogP contribution in [0.2, 0.25) is 0 Å². The van der Waals surface area contributed by atoms with E-state index in [-0.39, 0.29) is 11.8 Å². The Morgan fingerprint density at radius 2 is 1.93 bits per heavy atom. The van der Waals surface area contributed by atoms with Crippen molar-refractivity contribution < 1.29 is 9.32 Å². The largest absolute Gasteiger partial charge is 0.353 e. The van der Waals surface area contributed by atoms with E-state index in [1.54, 1.807) is 0 Å². The van der Waals surface area contributed by atoms with Gasteiger partial charge in [-0.1, -0.05) is 42.3 Å². The second-order valence-electron chi connectivity index (χ2n) is 7.87. The zero-order valence-electron chi connectivity index (χ0n) is 16.0. The van der Waals surface area contributed by atoms with Gasteiger partial charge in [0.15, 0.2) is 0 Å². The quantitative estimate of drug-likeness (QED) is 0.877. The molecular formula is C21H28N4O2. The Morgan fingerprint density at radius 1 is 1.19 bits per heavy atom. The predicted octanol–water partition coefficient (Wildman–Crippen LogP) is 3.32. The summed E-state index contributed by atoms with van der Waals surface area (Å²) in [5, 5.41) is 7.38. The number of aromatic nitrogens is 2. The first kappa shape index (κ1) is 18.2. The van der Waals surface area contributed by atoms with E-state index < -0.39 is 0 Å². The van der Waals surface area contributed by atoms with Crippen molar-refractivity contribution in [3.63, 3.8) is 0 Å². The third kappa shape index (κ3) is 4.38. The Kier molecular flexibility index (Phi) is 5.53. The lowest BCUT2D eigenvalue weighted by molar-refractivity contribution is -0.127. The molecule has 1 N–H and O–H groups in total. The number of amides is 1. The average molecular weight is 368 g/mol. The smallest absolute Gasteiger partial charge is 0.241 e. The van der Waals surface area contributed by atoms with Gasteiger partial charge in [0.05, 0.1) is 6.54 Å². The van der Waals surface area contributed by atoms with Crippen molar-refractivity contribution in [2.45, 2.75) is 58.0 Å². The maximum Gasteiger partial charge on any atom is 0.241 e. The van der Waals surface area contributed by atoms with Crippen molar-refractivity contribution in [3.8, 4) is 11.4 Å². The molecule has 2 aliphatic rings. The first-order valence-electron chi connectivity index (χ1n) is 10.1. The number of likely N-dealkylation sites (tertiary alicyclic amines) is 1. The lowest BCUT2D eigenvalue weighted by atomic mass is 9.95. The first-order chi connectivity index (χ1) is 13.2. The Morgan fingerprint density at radius 3 is 2.67 bits per heavy atom. The molecule has 1 saturated heterocycles. The second kappa shape index (κ2) is 8.21. The molecule has 1 aliphatic carbocycles. The minimum Gasteiger partial charge on any atom is -0.353 e. The van der Waals surface area contributed by atoms with Gasteiger partial charge in [0, 0.05) is 17.5 Å². The van der Waals surface area contributed by atoms with Gasteiger partial charge in [0.2, 0.25) is 17.6 Å². The number of hydrogen-bond acceptors (Lipinski definition) is 5.